The van der Waals surface area contributed by atoms with Gasteiger partial charge in [0.25, 0.3) is 0 Å². The smallest absolute Gasteiger partial charge is 0.318 e. The SMILES string of the molecule is NC(C(=O)CC1CC1)c1cccc(C(F)(F)F)c1. The summed E-state index contributed by atoms with van der Waals surface area (Å²) in [5.74, 6) is 0.200. The van der Waals surface area contributed by atoms with Crippen LogP contribution in [0.5, 0.6) is 0 Å². The van der Waals surface area contributed by atoms with Gasteiger partial charge in [-0.25, -0.2) is 0 Å². The van der Waals surface area contributed by atoms with Crippen molar-refractivity contribution in [3.63, 3.8) is 0 Å². The maximum absolute atomic E-state index is 12.5. The average molecular weight is 257 g/mol. The van der Waals surface area contributed by atoms with E-state index in [1.54, 1.807) is 0 Å². The molecule has 2 N–H and O–H groups in total. The van der Waals surface area contributed by atoms with Crippen molar-refractivity contribution in [3.8, 4) is 0 Å². The Balaban J connectivity index is 2.14. The lowest BCUT2D eigenvalue weighted by atomic mass is 9.98. The van der Waals surface area contributed by atoms with Crippen molar-refractivity contribution in [2.24, 2.45) is 11.7 Å². The van der Waals surface area contributed by atoms with Crippen molar-refractivity contribution >= 4 is 5.78 Å². The van der Waals surface area contributed by atoms with Gasteiger partial charge < -0.3 is 5.73 Å². The van der Waals surface area contributed by atoms with E-state index in [2.05, 4.69) is 0 Å². The minimum absolute atomic E-state index is 0.183. The number of benzene rings is 1. The van der Waals surface area contributed by atoms with Gasteiger partial charge in [-0.1, -0.05) is 12.1 Å². The first-order chi connectivity index (χ1) is 8.38. The van der Waals surface area contributed by atoms with Gasteiger partial charge in [-0.3, -0.25) is 4.79 Å². The second-order valence-electron chi connectivity index (χ2n) is 4.71. The van der Waals surface area contributed by atoms with E-state index in [4.69, 9.17) is 5.73 Å². The molecule has 0 aromatic heterocycles. The average Bonchev–Trinajstić information content (AvgIpc) is 3.11. The molecule has 5 heteroatoms. The molecule has 1 aliphatic carbocycles. The number of alkyl halides is 3. The van der Waals surface area contributed by atoms with E-state index in [0.717, 1.165) is 25.0 Å². The Morgan fingerprint density at radius 3 is 2.61 bits per heavy atom. The highest BCUT2D eigenvalue weighted by molar-refractivity contribution is 5.85. The van der Waals surface area contributed by atoms with E-state index < -0.39 is 17.8 Å². The van der Waals surface area contributed by atoms with Crippen molar-refractivity contribution in [1.29, 1.82) is 0 Å². The maximum atomic E-state index is 12.5. The molecule has 1 aliphatic rings. The molecular weight excluding hydrogens is 243 g/mol. The van der Waals surface area contributed by atoms with Gasteiger partial charge >= 0.3 is 6.18 Å². The van der Waals surface area contributed by atoms with E-state index in [-0.39, 0.29) is 11.3 Å². The molecule has 98 valence electrons. The second-order valence-corrected chi connectivity index (χ2v) is 4.71. The topological polar surface area (TPSA) is 43.1 Å². The Kier molecular flexibility index (Phi) is 3.43. The van der Waals surface area contributed by atoms with Gasteiger partial charge in [0.2, 0.25) is 0 Å². The standard InChI is InChI=1S/C13H14F3NO/c14-13(15,16)10-3-1-2-9(7-10)12(17)11(18)6-8-4-5-8/h1-3,7-8,12H,4-6,17H2. The quantitative estimate of drug-likeness (QED) is 0.900. The molecule has 18 heavy (non-hydrogen) atoms. The van der Waals surface area contributed by atoms with Gasteiger partial charge in [0.15, 0.2) is 5.78 Å². The van der Waals surface area contributed by atoms with E-state index in [1.165, 1.54) is 12.1 Å². The summed E-state index contributed by atoms with van der Waals surface area (Å²) in [6.45, 7) is 0. The maximum Gasteiger partial charge on any atom is 0.416 e. The van der Waals surface area contributed by atoms with Gasteiger partial charge in [0.1, 0.15) is 0 Å². The van der Waals surface area contributed by atoms with Crippen LogP contribution < -0.4 is 5.73 Å². The van der Waals surface area contributed by atoms with Crippen LogP contribution in [0.2, 0.25) is 0 Å². The van der Waals surface area contributed by atoms with Crippen molar-refractivity contribution in [3.05, 3.63) is 35.4 Å². The molecule has 0 heterocycles. The first-order valence-electron chi connectivity index (χ1n) is 5.83. The summed E-state index contributed by atoms with van der Waals surface area (Å²) in [5, 5.41) is 0. The van der Waals surface area contributed by atoms with E-state index in [0.29, 0.717) is 12.3 Å². The predicted molar refractivity (Wildman–Crippen MR) is 60.7 cm³/mol. The molecule has 1 saturated carbocycles. The molecule has 1 aromatic carbocycles. The van der Waals surface area contributed by atoms with E-state index in [1.807, 2.05) is 0 Å². The highest BCUT2D eigenvalue weighted by atomic mass is 19.4. The molecule has 2 rings (SSSR count). The van der Waals surface area contributed by atoms with Crippen LogP contribution in [-0.2, 0) is 11.0 Å². The molecule has 1 aromatic rings. The number of carbonyl (C=O) groups is 1. The fraction of sp³-hybridized carbons (Fsp3) is 0.462. The van der Waals surface area contributed by atoms with E-state index >= 15 is 0 Å². The van der Waals surface area contributed by atoms with Gasteiger partial charge in [-0.2, -0.15) is 13.2 Å². The highest BCUT2D eigenvalue weighted by Crippen LogP contribution is 2.35. The number of ketones is 1. The van der Waals surface area contributed by atoms with Gasteiger partial charge in [0.05, 0.1) is 11.6 Å². The lowest BCUT2D eigenvalue weighted by Gasteiger charge is -2.13. The molecule has 0 amide bonds. The van der Waals surface area contributed by atoms with Crippen LogP contribution in [0.4, 0.5) is 13.2 Å². The fourth-order valence-electron chi connectivity index (χ4n) is 1.83. The molecule has 0 aliphatic heterocycles. The van der Waals surface area contributed by atoms with E-state index in [9.17, 15) is 18.0 Å². The van der Waals surface area contributed by atoms with Crippen LogP contribution in [0.3, 0.4) is 0 Å². The predicted octanol–water partition coefficient (Wildman–Crippen LogP) is 3.07. The Bertz CT molecular complexity index is 452. The van der Waals surface area contributed by atoms with Gasteiger partial charge in [0, 0.05) is 6.42 Å². The molecule has 1 atom stereocenters. The number of hydrogen-bond acceptors (Lipinski definition) is 2. The number of carbonyl (C=O) groups excluding carboxylic acids is 1. The Morgan fingerprint density at radius 1 is 1.39 bits per heavy atom. The molecule has 0 spiro atoms. The minimum Gasteiger partial charge on any atom is -0.318 e. The summed E-state index contributed by atoms with van der Waals surface area (Å²) in [6, 6.07) is 3.72. The van der Waals surface area contributed by atoms with Crippen LogP contribution >= 0.6 is 0 Å². The zero-order valence-electron chi connectivity index (χ0n) is 9.70. The van der Waals surface area contributed by atoms with Gasteiger partial charge in [-0.15, -0.1) is 0 Å². The zero-order chi connectivity index (χ0) is 13.3. The minimum atomic E-state index is -4.41. The van der Waals surface area contributed by atoms with Crippen LogP contribution in [-0.4, -0.2) is 5.78 Å². The Morgan fingerprint density at radius 2 is 2.06 bits per heavy atom. The fourth-order valence-corrected chi connectivity index (χ4v) is 1.83. The van der Waals surface area contributed by atoms with Crippen LogP contribution in [0.1, 0.15) is 36.4 Å². The third-order valence-corrected chi connectivity index (χ3v) is 3.11. The Hall–Kier alpha value is -1.36. The third kappa shape index (κ3) is 3.10. The van der Waals surface area contributed by atoms with Crippen molar-refractivity contribution in [2.45, 2.75) is 31.5 Å². The second kappa shape index (κ2) is 4.72. The van der Waals surface area contributed by atoms with Crippen LogP contribution in [0.15, 0.2) is 24.3 Å². The molecule has 2 nitrogen and oxygen atoms in total. The monoisotopic (exact) mass is 257 g/mol. The third-order valence-electron chi connectivity index (χ3n) is 3.11. The first-order valence-corrected chi connectivity index (χ1v) is 5.83. The lowest BCUT2D eigenvalue weighted by molar-refractivity contribution is -0.137. The summed E-state index contributed by atoms with van der Waals surface area (Å²) in [5.41, 5.74) is 5.17. The summed E-state index contributed by atoms with van der Waals surface area (Å²) >= 11 is 0. The zero-order valence-corrected chi connectivity index (χ0v) is 9.70. The molecule has 1 fully saturated rings. The normalized spacial score (nSPS) is 17.6. The first kappa shape index (κ1) is 13.1. The number of Topliss-reactive ketones (excluding diaryl/α,β-unsaturated/α-hetero) is 1. The van der Waals surface area contributed by atoms with Crippen molar-refractivity contribution in [2.75, 3.05) is 0 Å². The Labute approximate surface area is 103 Å². The molecule has 0 bridgehead atoms. The number of nitrogens with two attached hydrogens (primary N) is 1. The summed E-state index contributed by atoms with van der Waals surface area (Å²) < 4.78 is 37.6. The molecule has 0 radical (unpaired) electrons. The summed E-state index contributed by atoms with van der Waals surface area (Å²) in [7, 11) is 0. The van der Waals surface area contributed by atoms with Crippen molar-refractivity contribution in [1.82, 2.24) is 0 Å². The molecule has 1 unspecified atom stereocenters. The molecular formula is C13H14F3NO. The summed E-state index contributed by atoms with van der Waals surface area (Å²) in [6.07, 6.45) is -2.01. The lowest BCUT2D eigenvalue weighted by Crippen LogP contribution is -2.22. The van der Waals surface area contributed by atoms with Gasteiger partial charge in [-0.05, 0) is 36.5 Å². The largest absolute Gasteiger partial charge is 0.416 e. The van der Waals surface area contributed by atoms with Crippen LogP contribution in [0.25, 0.3) is 0 Å². The number of halogens is 3. The van der Waals surface area contributed by atoms with Crippen molar-refractivity contribution < 1.29 is 18.0 Å². The number of hydrogen-bond donors (Lipinski definition) is 1. The highest BCUT2D eigenvalue weighted by Gasteiger charge is 2.32. The number of rotatable bonds is 4. The molecule has 0 saturated heterocycles. The van der Waals surface area contributed by atoms with Crippen LogP contribution in [0, 0.1) is 5.92 Å². The summed E-state index contributed by atoms with van der Waals surface area (Å²) in [4.78, 5) is 11.7.